The zero-order chi connectivity index (χ0) is 12.8. The fraction of sp³-hybridized carbons (Fsp3) is 0.364. The number of aromatic nitrogens is 1. The van der Waals surface area contributed by atoms with Gasteiger partial charge in [0, 0.05) is 24.2 Å². The number of nitrogens with zero attached hydrogens (tertiary/aromatic N) is 1. The largest absolute Gasteiger partial charge is 0.370 e. The Morgan fingerprint density at radius 3 is 2.76 bits per heavy atom. The van der Waals surface area contributed by atoms with E-state index < -0.39 is 5.91 Å². The van der Waals surface area contributed by atoms with E-state index in [4.69, 9.17) is 17.3 Å². The lowest BCUT2D eigenvalue weighted by Crippen LogP contribution is -2.28. The van der Waals surface area contributed by atoms with Crippen LogP contribution in [0.4, 0.5) is 0 Å². The number of amides is 2. The summed E-state index contributed by atoms with van der Waals surface area (Å²) in [4.78, 5) is 26.3. The maximum atomic E-state index is 11.7. The first-order valence-corrected chi connectivity index (χ1v) is 5.63. The summed E-state index contributed by atoms with van der Waals surface area (Å²) in [7, 11) is 0. The second-order valence-corrected chi connectivity index (χ2v) is 3.88. The molecule has 0 aliphatic carbocycles. The monoisotopic (exact) mass is 255 g/mol. The molecule has 1 rings (SSSR count). The summed E-state index contributed by atoms with van der Waals surface area (Å²) < 4.78 is 0. The van der Waals surface area contributed by atoms with Gasteiger partial charge < -0.3 is 11.1 Å². The molecule has 2 amide bonds. The standard InChI is InChI=1S/C11H14ClN3O2/c1-2-8-5-7(6-9(12)15-8)11(17)14-4-3-10(13)16/h5-6H,2-4H2,1H3,(H2,13,16)(H,14,17). The molecule has 0 saturated carbocycles. The van der Waals surface area contributed by atoms with E-state index in [1.165, 1.54) is 6.07 Å². The number of nitrogens with one attached hydrogen (secondary N) is 1. The molecule has 0 unspecified atom stereocenters. The number of carbonyl (C=O) groups excluding carboxylic acids is 2. The predicted molar refractivity (Wildman–Crippen MR) is 64.8 cm³/mol. The van der Waals surface area contributed by atoms with Crippen LogP contribution in [0.15, 0.2) is 12.1 Å². The molecule has 0 fully saturated rings. The molecule has 0 bridgehead atoms. The number of rotatable bonds is 5. The van der Waals surface area contributed by atoms with Gasteiger partial charge in [-0.15, -0.1) is 0 Å². The highest BCUT2D eigenvalue weighted by Crippen LogP contribution is 2.11. The number of hydrogen-bond donors (Lipinski definition) is 2. The molecule has 5 nitrogen and oxygen atoms in total. The molecule has 0 spiro atoms. The van der Waals surface area contributed by atoms with Crippen LogP contribution in [0, 0.1) is 0 Å². The van der Waals surface area contributed by atoms with Crippen molar-refractivity contribution in [1.29, 1.82) is 0 Å². The molecule has 1 aromatic heterocycles. The number of primary amides is 1. The third-order valence-electron chi connectivity index (χ3n) is 2.13. The van der Waals surface area contributed by atoms with Crippen LogP contribution in [0.5, 0.6) is 0 Å². The zero-order valence-corrected chi connectivity index (χ0v) is 10.3. The Bertz CT molecular complexity index is 435. The molecular formula is C11H14ClN3O2. The average molecular weight is 256 g/mol. The van der Waals surface area contributed by atoms with Crippen LogP contribution in [-0.2, 0) is 11.2 Å². The van der Waals surface area contributed by atoms with Crippen molar-refractivity contribution in [3.63, 3.8) is 0 Å². The van der Waals surface area contributed by atoms with E-state index in [0.29, 0.717) is 12.0 Å². The van der Waals surface area contributed by atoms with Crippen LogP contribution in [-0.4, -0.2) is 23.3 Å². The molecule has 17 heavy (non-hydrogen) atoms. The minimum absolute atomic E-state index is 0.116. The summed E-state index contributed by atoms with van der Waals surface area (Å²) in [5, 5.41) is 2.86. The van der Waals surface area contributed by atoms with Crippen LogP contribution in [0.25, 0.3) is 0 Å². The predicted octanol–water partition coefficient (Wildman–Crippen LogP) is 0.903. The topological polar surface area (TPSA) is 85.1 Å². The van der Waals surface area contributed by atoms with Gasteiger partial charge in [0.25, 0.3) is 5.91 Å². The third-order valence-corrected chi connectivity index (χ3v) is 2.32. The van der Waals surface area contributed by atoms with Gasteiger partial charge in [0.2, 0.25) is 5.91 Å². The minimum atomic E-state index is -0.452. The van der Waals surface area contributed by atoms with Crippen molar-refractivity contribution in [3.8, 4) is 0 Å². The molecule has 0 aliphatic heterocycles. The molecule has 6 heteroatoms. The van der Waals surface area contributed by atoms with Crippen LogP contribution >= 0.6 is 11.6 Å². The smallest absolute Gasteiger partial charge is 0.251 e. The SMILES string of the molecule is CCc1cc(C(=O)NCCC(N)=O)cc(Cl)n1. The van der Waals surface area contributed by atoms with Crippen molar-refractivity contribution in [2.24, 2.45) is 5.73 Å². The number of carbonyl (C=O) groups is 2. The van der Waals surface area contributed by atoms with Crippen molar-refractivity contribution in [1.82, 2.24) is 10.3 Å². The average Bonchev–Trinajstić information content (AvgIpc) is 2.27. The quantitative estimate of drug-likeness (QED) is 0.767. The van der Waals surface area contributed by atoms with Gasteiger partial charge in [-0.1, -0.05) is 18.5 Å². The van der Waals surface area contributed by atoms with Crippen molar-refractivity contribution in [2.75, 3.05) is 6.54 Å². The zero-order valence-electron chi connectivity index (χ0n) is 9.50. The summed E-state index contributed by atoms with van der Waals surface area (Å²) in [6, 6.07) is 3.16. The lowest BCUT2D eigenvalue weighted by Gasteiger charge is -2.05. The molecule has 1 aromatic rings. The number of halogens is 1. The lowest BCUT2D eigenvalue weighted by atomic mass is 10.2. The second kappa shape index (κ2) is 6.20. The Morgan fingerprint density at radius 2 is 2.18 bits per heavy atom. The second-order valence-electron chi connectivity index (χ2n) is 3.50. The lowest BCUT2D eigenvalue weighted by molar-refractivity contribution is -0.117. The number of hydrogen-bond acceptors (Lipinski definition) is 3. The molecule has 3 N–H and O–H groups in total. The molecule has 1 heterocycles. The van der Waals surface area contributed by atoms with Crippen molar-refractivity contribution < 1.29 is 9.59 Å². The van der Waals surface area contributed by atoms with Crippen molar-refractivity contribution >= 4 is 23.4 Å². The number of aryl methyl sites for hydroxylation is 1. The molecule has 0 aliphatic rings. The summed E-state index contributed by atoms with van der Waals surface area (Å²) in [5.41, 5.74) is 6.15. The first kappa shape index (κ1) is 13.4. The van der Waals surface area contributed by atoms with E-state index in [9.17, 15) is 9.59 Å². The Balaban J connectivity index is 2.68. The van der Waals surface area contributed by atoms with Crippen LogP contribution in [0.1, 0.15) is 29.4 Å². The van der Waals surface area contributed by atoms with Gasteiger partial charge in [-0.2, -0.15) is 0 Å². The van der Waals surface area contributed by atoms with E-state index in [2.05, 4.69) is 10.3 Å². The van der Waals surface area contributed by atoms with E-state index in [1.807, 2.05) is 6.92 Å². The van der Waals surface area contributed by atoms with Gasteiger partial charge >= 0.3 is 0 Å². The maximum Gasteiger partial charge on any atom is 0.251 e. The Kier molecular flexibility index (Phi) is 4.90. The van der Waals surface area contributed by atoms with Crippen molar-refractivity contribution in [3.05, 3.63) is 28.5 Å². The van der Waals surface area contributed by atoms with Crippen LogP contribution < -0.4 is 11.1 Å². The molecule has 92 valence electrons. The van der Waals surface area contributed by atoms with Crippen molar-refractivity contribution in [2.45, 2.75) is 19.8 Å². The van der Waals surface area contributed by atoms with E-state index in [1.54, 1.807) is 6.07 Å². The minimum Gasteiger partial charge on any atom is -0.370 e. The summed E-state index contributed by atoms with van der Waals surface area (Å²) in [5.74, 6) is -0.738. The molecule has 0 aromatic carbocycles. The van der Waals surface area contributed by atoms with Gasteiger partial charge in [-0.25, -0.2) is 4.98 Å². The fourth-order valence-corrected chi connectivity index (χ4v) is 1.49. The van der Waals surface area contributed by atoms with E-state index >= 15 is 0 Å². The first-order valence-electron chi connectivity index (χ1n) is 5.26. The van der Waals surface area contributed by atoms with Gasteiger partial charge in [-0.3, -0.25) is 9.59 Å². The highest BCUT2D eigenvalue weighted by Gasteiger charge is 2.08. The molecule has 0 atom stereocenters. The van der Waals surface area contributed by atoms with Gasteiger partial charge in [0.1, 0.15) is 5.15 Å². The fourth-order valence-electron chi connectivity index (χ4n) is 1.26. The number of pyridine rings is 1. The Morgan fingerprint density at radius 1 is 1.47 bits per heavy atom. The van der Waals surface area contributed by atoms with Crippen LogP contribution in [0.2, 0.25) is 5.15 Å². The van der Waals surface area contributed by atoms with Gasteiger partial charge in [0.15, 0.2) is 0 Å². The molecule has 0 radical (unpaired) electrons. The highest BCUT2D eigenvalue weighted by atomic mass is 35.5. The van der Waals surface area contributed by atoms with Gasteiger partial charge in [-0.05, 0) is 18.6 Å². The maximum absolute atomic E-state index is 11.7. The van der Waals surface area contributed by atoms with Gasteiger partial charge in [0.05, 0.1) is 0 Å². The Hall–Kier alpha value is -1.62. The number of nitrogens with two attached hydrogens (primary N) is 1. The molecular weight excluding hydrogens is 242 g/mol. The summed E-state index contributed by atoms with van der Waals surface area (Å²) >= 11 is 5.79. The summed E-state index contributed by atoms with van der Waals surface area (Å²) in [6.45, 7) is 2.14. The highest BCUT2D eigenvalue weighted by molar-refractivity contribution is 6.29. The van der Waals surface area contributed by atoms with E-state index in [0.717, 1.165) is 5.69 Å². The summed E-state index contributed by atoms with van der Waals surface area (Å²) in [6.07, 6.45) is 0.813. The normalized spacial score (nSPS) is 10.0. The molecule has 0 saturated heterocycles. The van der Waals surface area contributed by atoms with Crippen LogP contribution in [0.3, 0.4) is 0 Å². The Labute approximate surface area is 104 Å². The first-order chi connectivity index (χ1) is 8.02. The third kappa shape index (κ3) is 4.40. The van der Waals surface area contributed by atoms with E-state index in [-0.39, 0.29) is 24.0 Å².